The van der Waals surface area contributed by atoms with Crippen LogP contribution < -0.4 is 26.2 Å². The lowest BCUT2D eigenvalue weighted by Crippen LogP contribution is -2.59. The van der Waals surface area contributed by atoms with Gasteiger partial charge in [-0.1, -0.05) is 29.8 Å². The molecule has 1 fully saturated rings. The number of carbonyl (C=O) groups is 1. The van der Waals surface area contributed by atoms with Gasteiger partial charge in [0.15, 0.2) is 5.54 Å². The number of ether oxygens (including phenoxy) is 1. The summed E-state index contributed by atoms with van der Waals surface area (Å²) >= 11 is 0. The number of furan rings is 1. The number of benzene rings is 2. The number of morpholine rings is 1. The van der Waals surface area contributed by atoms with Crippen LogP contribution in [0.15, 0.2) is 58.0 Å². The molecule has 3 aromatic rings. The van der Waals surface area contributed by atoms with Gasteiger partial charge in [0.2, 0.25) is 5.91 Å². The maximum absolute atomic E-state index is 14.5. The Labute approximate surface area is 244 Å². The van der Waals surface area contributed by atoms with E-state index in [1.807, 2.05) is 43.1 Å². The van der Waals surface area contributed by atoms with Gasteiger partial charge in [-0.15, -0.1) is 27.7 Å². The minimum absolute atomic E-state index is 0.0854. The van der Waals surface area contributed by atoms with Gasteiger partial charge in [0, 0.05) is 24.7 Å². The van der Waals surface area contributed by atoms with Gasteiger partial charge in [-0.3, -0.25) is 9.69 Å². The van der Waals surface area contributed by atoms with E-state index in [-0.39, 0.29) is 12.0 Å². The van der Waals surface area contributed by atoms with E-state index < -0.39 is 11.5 Å². The molecule has 40 heavy (non-hydrogen) atoms. The second-order valence-electron chi connectivity index (χ2n) is 11.2. The van der Waals surface area contributed by atoms with Gasteiger partial charge in [-0.05, 0) is 74.9 Å². The Balaban J connectivity index is 1.61. The summed E-state index contributed by atoms with van der Waals surface area (Å²) in [4.78, 5) is 16.7. The molecule has 7 unspecified atom stereocenters. The first-order chi connectivity index (χ1) is 19.0. The third kappa shape index (κ3) is 5.52. The molecule has 2 aliphatic rings. The highest BCUT2D eigenvalue weighted by Gasteiger charge is 2.56. The van der Waals surface area contributed by atoms with E-state index in [1.165, 1.54) is 0 Å². The molecule has 0 radical (unpaired) electrons. The molecule has 5 rings (SSSR count). The Kier molecular flexibility index (Phi) is 8.54. The molecule has 7 atom stereocenters. The van der Waals surface area contributed by atoms with Crippen LogP contribution in [0, 0.1) is 13.8 Å². The Bertz CT molecular complexity index is 1460. The third-order valence-corrected chi connectivity index (χ3v) is 9.36. The number of rotatable bonds is 6. The van der Waals surface area contributed by atoms with E-state index >= 15 is 0 Å². The molecule has 0 aliphatic carbocycles. The zero-order valence-corrected chi connectivity index (χ0v) is 27.2. The van der Waals surface area contributed by atoms with E-state index in [0.717, 1.165) is 50.7 Å². The van der Waals surface area contributed by atoms with E-state index in [0.29, 0.717) is 25.0 Å². The fraction of sp³-hybridized carbons (Fsp3) is 0.400. The topological polar surface area (TPSA) is 70.3 Å². The first kappa shape index (κ1) is 29.4. The Morgan fingerprint density at radius 1 is 1.10 bits per heavy atom. The predicted octanol–water partition coefficient (Wildman–Crippen LogP) is 3.00. The van der Waals surface area contributed by atoms with Gasteiger partial charge in [-0.25, -0.2) is 5.01 Å². The van der Waals surface area contributed by atoms with E-state index in [4.69, 9.17) is 14.3 Å². The quantitative estimate of drug-likeness (QED) is 0.444. The van der Waals surface area contributed by atoms with Crippen molar-refractivity contribution in [3.8, 4) is 0 Å². The Morgan fingerprint density at radius 3 is 2.52 bits per heavy atom. The fourth-order valence-corrected chi connectivity index (χ4v) is 6.95. The summed E-state index contributed by atoms with van der Waals surface area (Å²) in [6, 6.07) is 16.7. The van der Waals surface area contributed by atoms with Crippen LogP contribution in [-0.4, -0.2) is 60.9 Å². The maximum Gasteiger partial charge on any atom is 0.249 e. The number of amides is 1. The summed E-state index contributed by atoms with van der Waals surface area (Å²) < 4.78 is 12.3. The lowest BCUT2D eigenvalue weighted by Gasteiger charge is -2.39. The van der Waals surface area contributed by atoms with Gasteiger partial charge in [-0.2, -0.15) is 5.10 Å². The molecule has 0 bridgehead atoms. The van der Waals surface area contributed by atoms with Gasteiger partial charge in [0.1, 0.15) is 11.5 Å². The summed E-state index contributed by atoms with van der Waals surface area (Å²) in [5, 5.41) is 13.4. The van der Waals surface area contributed by atoms with Crippen molar-refractivity contribution in [2.24, 2.45) is 5.10 Å². The van der Waals surface area contributed by atoms with Crippen molar-refractivity contribution in [1.82, 2.24) is 10.2 Å². The average molecular weight is 597 g/mol. The van der Waals surface area contributed by atoms with Crippen LogP contribution in [0.5, 0.6) is 0 Å². The standard InChI is InChI=1S/C30H39N4O3P3/c1-17-6-9-22(25(39)12-17)28-27(24-11-7-19(3)37-24)30(4,34(32-28)23-10-8-21(38)13-26(23)40)29(35)31-14-20-15-33(5)18(2)16-36-20/h6-13,18,20,27H,14-16,38-40H2,1-5H3,(H,31,35). The molecule has 0 saturated carbocycles. The molecule has 212 valence electrons. The molecular weight excluding hydrogens is 557 g/mol. The van der Waals surface area contributed by atoms with Gasteiger partial charge in [0.05, 0.1) is 30.0 Å². The number of aryl methyl sites for hydroxylation is 2. The summed E-state index contributed by atoms with van der Waals surface area (Å²) in [6.45, 7) is 9.92. The number of nitrogens with one attached hydrogen (secondary N) is 1. The number of likely N-dealkylation sites (N-methyl/N-ethyl adjacent to an activating group) is 1. The van der Waals surface area contributed by atoms with Crippen LogP contribution in [0.2, 0.25) is 0 Å². The minimum Gasteiger partial charge on any atom is -0.466 e. The van der Waals surface area contributed by atoms with E-state index in [2.05, 4.69) is 83.1 Å². The van der Waals surface area contributed by atoms with Gasteiger partial charge < -0.3 is 14.5 Å². The van der Waals surface area contributed by atoms with Crippen molar-refractivity contribution >= 4 is 60.9 Å². The van der Waals surface area contributed by atoms with Crippen LogP contribution in [0.25, 0.3) is 0 Å². The lowest BCUT2D eigenvalue weighted by molar-refractivity contribution is -0.127. The number of hydrogen-bond acceptors (Lipinski definition) is 6. The molecule has 7 nitrogen and oxygen atoms in total. The highest BCUT2D eigenvalue weighted by molar-refractivity contribution is 7.29. The van der Waals surface area contributed by atoms with Crippen LogP contribution in [0.1, 0.15) is 42.4 Å². The number of hydrazone groups is 1. The zero-order chi connectivity index (χ0) is 28.8. The normalized spacial score (nSPS) is 25.2. The minimum atomic E-state index is -1.12. The molecule has 0 spiro atoms. The van der Waals surface area contributed by atoms with Crippen LogP contribution in [0.4, 0.5) is 5.69 Å². The molecule has 1 saturated heterocycles. The van der Waals surface area contributed by atoms with Gasteiger partial charge in [0.25, 0.3) is 0 Å². The smallest absolute Gasteiger partial charge is 0.249 e. The zero-order valence-electron chi connectivity index (χ0n) is 23.8. The molecule has 1 amide bonds. The second kappa shape index (κ2) is 11.6. The molecular formula is C30H39N4O3P3. The largest absolute Gasteiger partial charge is 0.466 e. The number of anilines is 1. The SMILES string of the molecule is Cc1ccc(C2=NN(c3ccc(P)cc3P)C(C)(C(=O)NCC3CN(C)C(C)CO3)C2c2ccc(C)o2)c(P)c1. The molecule has 2 aliphatic heterocycles. The lowest BCUT2D eigenvalue weighted by atomic mass is 9.78. The maximum atomic E-state index is 14.5. The first-order valence-electron chi connectivity index (χ1n) is 13.6. The first-order valence-corrected chi connectivity index (χ1v) is 15.3. The number of carbonyl (C=O) groups excluding carboxylic acids is 1. The average Bonchev–Trinajstić information content (AvgIpc) is 3.45. The van der Waals surface area contributed by atoms with Crippen LogP contribution in [-0.2, 0) is 9.53 Å². The van der Waals surface area contributed by atoms with Gasteiger partial charge >= 0.3 is 0 Å². The van der Waals surface area contributed by atoms with Crippen molar-refractivity contribution in [2.75, 3.05) is 31.8 Å². The van der Waals surface area contributed by atoms with Crippen molar-refractivity contribution in [1.29, 1.82) is 0 Å². The summed E-state index contributed by atoms with van der Waals surface area (Å²) in [5.74, 6) is 0.902. The Morgan fingerprint density at radius 2 is 1.88 bits per heavy atom. The van der Waals surface area contributed by atoms with Crippen molar-refractivity contribution in [2.45, 2.75) is 51.3 Å². The second-order valence-corrected chi connectivity index (χ2v) is 13.1. The van der Waals surface area contributed by atoms with E-state index in [9.17, 15) is 4.79 Å². The summed E-state index contributed by atoms with van der Waals surface area (Å²) in [5.41, 5.74) is 2.64. The monoisotopic (exact) mass is 596 g/mol. The fourth-order valence-electron chi connectivity index (χ4n) is 5.57. The Hall–Kier alpha value is -2.13. The predicted molar refractivity (Wildman–Crippen MR) is 174 cm³/mol. The third-order valence-electron chi connectivity index (χ3n) is 8.06. The molecule has 1 N–H and O–H groups in total. The van der Waals surface area contributed by atoms with Crippen LogP contribution >= 0.6 is 27.7 Å². The number of nitrogens with zero attached hydrogens (tertiary/aromatic N) is 3. The van der Waals surface area contributed by atoms with E-state index in [1.54, 1.807) is 0 Å². The molecule has 2 aromatic carbocycles. The van der Waals surface area contributed by atoms with Crippen molar-refractivity contribution < 1.29 is 13.9 Å². The molecule has 3 heterocycles. The summed E-state index contributed by atoms with van der Waals surface area (Å²) in [6.07, 6.45) is -0.0854. The highest BCUT2D eigenvalue weighted by Crippen LogP contribution is 2.45. The highest BCUT2D eigenvalue weighted by atomic mass is 31.0. The molecule has 1 aromatic heterocycles. The van der Waals surface area contributed by atoms with Crippen molar-refractivity contribution in [3.63, 3.8) is 0 Å². The summed E-state index contributed by atoms with van der Waals surface area (Å²) in [7, 11) is 10.5. The number of hydrogen-bond donors (Lipinski definition) is 1. The molecule has 10 heteroatoms. The van der Waals surface area contributed by atoms with Crippen LogP contribution in [0.3, 0.4) is 0 Å². The van der Waals surface area contributed by atoms with Crippen molar-refractivity contribution in [3.05, 3.63) is 71.2 Å².